The van der Waals surface area contributed by atoms with E-state index in [4.69, 9.17) is 9.47 Å². The number of aromatic nitrogens is 1. The quantitative estimate of drug-likeness (QED) is 0.0574. The van der Waals surface area contributed by atoms with Crippen LogP contribution in [0, 0.1) is 0 Å². The Morgan fingerprint density at radius 1 is 0.756 bits per heavy atom. The lowest BCUT2D eigenvalue weighted by Crippen LogP contribution is -2.57. The number of benzene rings is 3. The van der Waals surface area contributed by atoms with E-state index in [0.717, 1.165) is 49.1 Å². The molecule has 0 bridgehead atoms. The molecule has 0 N–H and O–H groups in total. The minimum absolute atomic E-state index is 0.0573. The summed E-state index contributed by atoms with van der Waals surface area (Å²) in [6.45, 7) is 0. The van der Waals surface area contributed by atoms with Crippen molar-refractivity contribution >= 4 is 37.9 Å². The molecule has 4 aromatic rings. The highest BCUT2D eigenvalue weighted by Gasteiger charge is 2.75. The summed E-state index contributed by atoms with van der Waals surface area (Å²) in [6.07, 6.45) is -12.7. The number of rotatable bonds is 7. The van der Waals surface area contributed by atoms with Crippen molar-refractivity contribution in [1.82, 2.24) is 0 Å². The van der Waals surface area contributed by atoms with Crippen LogP contribution in [0.5, 0.6) is 17.2 Å². The molecule has 1 aromatic heterocycles. The highest BCUT2D eigenvalue weighted by Crippen LogP contribution is 2.54. The van der Waals surface area contributed by atoms with E-state index in [9.17, 15) is 52.7 Å². The molecule has 0 fully saturated rings. The Labute approximate surface area is 247 Å². The third-order valence-electron chi connectivity index (χ3n) is 6.66. The molecule has 0 aliphatic carbocycles. The molecule has 0 unspecified atom stereocenters. The first-order chi connectivity index (χ1) is 20.7. The van der Waals surface area contributed by atoms with Gasteiger partial charge in [0, 0.05) is 11.6 Å². The van der Waals surface area contributed by atoms with Crippen LogP contribution in [-0.2, 0) is 27.5 Å². The number of hydrogen-bond donors (Lipinski definition) is 0. The smallest absolute Gasteiger partial charge is 0.492 e. The lowest BCUT2D eigenvalue weighted by Gasteiger charge is -2.37. The van der Waals surface area contributed by atoms with E-state index in [1.807, 2.05) is 0 Å². The maximum Gasteiger partial charge on any atom is 0.534 e. The van der Waals surface area contributed by atoms with Crippen molar-refractivity contribution in [3.63, 3.8) is 0 Å². The van der Waals surface area contributed by atoms with Gasteiger partial charge in [-0.25, -0.2) is 4.79 Å². The standard InChI is InChI=1S/C27H19F9NO7S/c1-37-16-12-8-7-11-15(16)19(23(38)43-24(25(28,29)30,26(31,32)33)14-9-5-4-6-10-14)20-17(37)13-18(41-2)21(42-3)22(20)44-45(39,40)27(34,35)36/h4-13H,1-3H3/q+1. The van der Waals surface area contributed by atoms with Gasteiger partial charge in [0.2, 0.25) is 22.5 Å². The number of fused-ring (bicyclic) bond motifs is 2. The van der Waals surface area contributed by atoms with Crippen molar-refractivity contribution in [2.45, 2.75) is 23.5 Å². The Balaban J connectivity index is 2.22. The second kappa shape index (κ2) is 11.1. The first-order valence-corrected chi connectivity index (χ1v) is 13.6. The van der Waals surface area contributed by atoms with Gasteiger partial charge < -0.3 is 18.4 Å². The molecule has 3 aromatic carbocycles. The molecule has 1 heterocycles. The second-order valence-corrected chi connectivity index (χ2v) is 10.7. The van der Waals surface area contributed by atoms with Gasteiger partial charge in [0.05, 0.1) is 31.2 Å². The Morgan fingerprint density at radius 2 is 1.31 bits per heavy atom. The second-order valence-electron chi connectivity index (χ2n) is 9.20. The average molecular weight is 672 g/mol. The molecule has 0 aliphatic heterocycles. The number of esters is 1. The number of carbonyl (C=O) groups is 1. The summed E-state index contributed by atoms with van der Waals surface area (Å²) in [5, 5.41) is -1.46. The fourth-order valence-corrected chi connectivity index (χ4v) is 5.14. The van der Waals surface area contributed by atoms with E-state index < -0.39 is 84.2 Å². The first kappa shape index (κ1) is 33.4. The zero-order chi connectivity index (χ0) is 33.8. The Morgan fingerprint density at radius 3 is 1.82 bits per heavy atom. The summed E-state index contributed by atoms with van der Waals surface area (Å²) < 4.78 is 172. The van der Waals surface area contributed by atoms with Crippen molar-refractivity contribution in [3.8, 4) is 17.2 Å². The van der Waals surface area contributed by atoms with Gasteiger partial charge in [-0.2, -0.15) is 52.5 Å². The summed E-state index contributed by atoms with van der Waals surface area (Å²) >= 11 is 0. The molecule has 0 spiro atoms. The molecule has 45 heavy (non-hydrogen) atoms. The zero-order valence-corrected chi connectivity index (χ0v) is 23.7. The van der Waals surface area contributed by atoms with Crippen molar-refractivity contribution in [2.75, 3.05) is 14.2 Å². The molecule has 0 aliphatic rings. The monoisotopic (exact) mass is 672 g/mol. The molecule has 0 atom stereocenters. The van der Waals surface area contributed by atoms with Crippen LogP contribution in [0.1, 0.15) is 15.9 Å². The molecule has 0 amide bonds. The van der Waals surface area contributed by atoms with E-state index in [1.54, 1.807) is 0 Å². The van der Waals surface area contributed by atoms with Gasteiger partial charge in [-0.15, -0.1) is 0 Å². The van der Waals surface area contributed by atoms with Crippen molar-refractivity contribution in [1.29, 1.82) is 0 Å². The van der Waals surface area contributed by atoms with Crippen LogP contribution < -0.4 is 18.2 Å². The van der Waals surface area contributed by atoms with E-state index in [0.29, 0.717) is 12.1 Å². The van der Waals surface area contributed by atoms with Gasteiger partial charge in [0.15, 0.2) is 5.75 Å². The summed E-state index contributed by atoms with van der Waals surface area (Å²) in [5.41, 5.74) is -14.6. The van der Waals surface area contributed by atoms with E-state index in [-0.39, 0.29) is 5.52 Å². The zero-order valence-electron chi connectivity index (χ0n) is 22.9. The predicted octanol–water partition coefficient (Wildman–Crippen LogP) is 6.24. The molecule has 8 nitrogen and oxygen atoms in total. The Bertz CT molecular complexity index is 1880. The van der Waals surface area contributed by atoms with Gasteiger partial charge in [0.1, 0.15) is 12.4 Å². The lowest BCUT2D eigenvalue weighted by molar-refractivity contribution is -0.617. The maximum atomic E-state index is 14.5. The van der Waals surface area contributed by atoms with Gasteiger partial charge in [-0.05, 0) is 6.07 Å². The summed E-state index contributed by atoms with van der Waals surface area (Å²) in [4.78, 5) is 13.8. The third-order valence-corrected chi connectivity index (χ3v) is 7.61. The fourth-order valence-electron chi connectivity index (χ4n) is 4.67. The van der Waals surface area contributed by atoms with Crippen molar-refractivity contribution in [3.05, 3.63) is 71.8 Å². The molecule has 18 heteroatoms. The van der Waals surface area contributed by atoms with Crippen LogP contribution in [0.15, 0.2) is 60.7 Å². The molecule has 0 radical (unpaired) electrons. The number of hydrogen-bond acceptors (Lipinski definition) is 7. The molecular formula is C27H19F9NO7S+. The van der Waals surface area contributed by atoms with Gasteiger partial charge >= 0.3 is 39.5 Å². The summed E-state index contributed by atoms with van der Waals surface area (Å²) in [7, 11) is -3.52. The molecule has 0 saturated heterocycles. The largest absolute Gasteiger partial charge is 0.534 e. The number of alkyl halides is 9. The van der Waals surface area contributed by atoms with E-state index in [1.165, 1.54) is 25.2 Å². The SMILES string of the molecule is COc1cc2c(c(OS(=O)(=O)C(F)(F)F)c1OC)c(C(=O)OC(c1ccccc1)(C(F)(F)F)C(F)(F)F)c1ccccc1[n+]2C. The topological polar surface area (TPSA) is 92.0 Å². The summed E-state index contributed by atoms with van der Waals surface area (Å²) in [5.74, 6) is -5.16. The lowest BCUT2D eigenvalue weighted by atomic mass is 9.91. The highest BCUT2D eigenvalue weighted by molar-refractivity contribution is 7.88. The van der Waals surface area contributed by atoms with Crippen LogP contribution in [-0.4, -0.2) is 46.5 Å². The normalized spacial score (nSPS) is 13.2. The van der Waals surface area contributed by atoms with Crippen LogP contribution in [0.4, 0.5) is 39.5 Å². The van der Waals surface area contributed by atoms with E-state index in [2.05, 4.69) is 8.92 Å². The number of carbonyl (C=O) groups excluding carboxylic acids is 1. The van der Waals surface area contributed by atoms with Crippen molar-refractivity contribution < 1.29 is 75.7 Å². The van der Waals surface area contributed by atoms with Crippen LogP contribution in [0.3, 0.4) is 0 Å². The predicted molar refractivity (Wildman–Crippen MR) is 137 cm³/mol. The maximum absolute atomic E-state index is 14.5. The Hall–Kier alpha value is -4.48. The van der Waals surface area contributed by atoms with Crippen molar-refractivity contribution in [2.24, 2.45) is 7.05 Å². The first-order valence-electron chi connectivity index (χ1n) is 12.2. The highest BCUT2D eigenvalue weighted by atomic mass is 32.2. The van der Waals surface area contributed by atoms with Gasteiger partial charge in [-0.3, -0.25) is 0 Å². The molecule has 0 saturated carbocycles. The molecular weight excluding hydrogens is 653 g/mol. The number of ether oxygens (including phenoxy) is 3. The van der Waals surface area contributed by atoms with Gasteiger partial charge in [-0.1, -0.05) is 42.5 Å². The fraction of sp³-hybridized carbons (Fsp3) is 0.259. The Kier molecular flexibility index (Phi) is 8.28. The number of halogens is 9. The number of nitrogens with zero attached hydrogens (tertiary/aromatic N) is 1. The number of methoxy groups -OCH3 is 2. The third kappa shape index (κ3) is 5.40. The number of pyridine rings is 1. The van der Waals surface area contributed by atoms with Crippen LogP contribution >= 0.6 is 0 Å². The minimum atomic E-state index is -6.59. The van der Waals surface area contributed by atoms with Gasteiger partial charge in [0.25, 0.3) is 0 Å². The van der Waals surface area contributed by atoms with Crippen LogP contribution in [0.25, 0.3) is 21.8 Å². The van der Waals surface area contributed by atoms with E-state index >= 15 is 0 Å². The summed E-state index contributed by atoms with van der Waals surface area (Å²) in [6, 6.07) is 9.45. The average Bonchev–Trinajstić information content (AvgIpc) is 2.94. The number of para-hydroxylation sites is 1. The molecule has 242 valence electrons. The number of aryl methyl sites for hydroxylation is 1. The minimum Gasteiger partial charge on any atom is -0.492 e. The molecule has 4 rings (SSSR count). The van der Waals surface area contributed by atoms with Crippen LogP contribution in [0.2, 0.25) is 0 Å².